The maximum Gasteiger partial charge on any atom is 0.586 e. The Labute approximate surface area is 76.1 Å². The van der Waals surface area contributed by atoms with Crippen molar-refractivity contribution in [3.05, 3.63) is 36.8 Å². The zero-order valence-corrected chi connectivity index (χ0v) is 7.64. The summed E-state index contributed by atoms with van der Waals surface area (Å²) in [4.78, 5) is 0. The minimum Gasteiger partial charge on any atom is -0.395 e. The summed E-state index contributed by atoms with van der Waals surface area (Å²) in [5.41, 5.74) is 0. The first kappa shape index (κ1) is 11.7. The van der Waals surface area contributed by atoms with Gasteiger partial charge in [-0.2, -0.15) is 0 Å². The monoisotopic (exact) mass is 190 g/mol. The second kappa shape index (κ2) is 4.64. The van der Waals surface area contributed by atoms with E-state index in [0.717, 1.165) is 12.2 Å². The third-order valence-corrected chi connectivity index (χ3v) is 1.07. The van der Waals surface area contributed by atoms with E-state index in [0.29, 0.717) is 0 Å². The summed E-state index contributed by atoms with van der Waals surface area (Å²) >= 11 is 0. The van der Waals surface area contributed by atoms with Gasteiger partial charge in [0, 0.05) is 0 Å². The van der Waals surface area contributed by atoms with Gasteiger partial charge in [0.25, 0.3) is 0 Å². The molecular formula is C9H12F2O2. The summed E-state index contributed by atoms with van der Waals surface area (Å²) in [7, 11) is 0. The zero-order valence-electron chi connectivity index (χ0n) is 7.64. The number of hydrogen-bond acceptors (Lipinski definition) is 2. The first-order valence-electron chi connectivity index (χ1n) is 3.84. The van der Waals surface area contributed by atoms with Crippen LogP contribution in [0.2, 0.25) is 0 Å². The van der Waals surface area contributed by atoms with Crippen molar-refractivity contribution < 1.29 is 18.3 Å². The Bertz CT molecular complexity index is 210. The second-order valence-electron chi connectivity index (χ2n) is 1.80. The largest absolute Gasteiger partial charge is 0.586 e. The predicted molar refractivity (Wildman–Crippen MR) is 45.9 cm³/mol. The molecule has 0 aromatic rings. The molecule has 2 nitrogen and oxygen atoms in total. The van der Waals surface area contributed by atoms with Crippen molar-refractivity contribution in [1.29, 1.82) is 0 Å². The van der Waals surface area contributed by atoms with Crippen molar-refractivity contribution in [2.45, 2.75) is 20.1 Å². The summed E-state index contributed by atoms with van der Waals surface area (Å²) in [6.07, 6.45) is -1.30. The lowest BCUT2D eigenvalue weighted by molar-refractivity contribution is -0.335. The Morgan fingerprint density at radius 2 is 1.38 bits per heavy atom. The fraction of sp³-hybridized carbons (Fsp3) is 0.333. The standard InChI is InChI=1S/C7H6F2O2.C2H6/c1-3-5-6(4-2)11-7(8,9)10-5;1-2/h3-4H,1-2H2;1-2H3. The smallest absolute Gasteiger partial charge is 0.395 e. The maximum atomic E-state index is 12.2. The number of rotatable bonds is 2. The van der Waals surface area contributed by atoms with Crippen molar-refractivity contribution >= 4 is 0 Å². The van der Waals surface area contributed by atoms with Gasteiger partial charge < -0.3 is 9.47 Å². The minimum absolute atomic E-state index is 0.0926. The zero-order chi connectivity index (χ0) is 10.5. The molecule has 0 aromatic carbocycles. The summed E-state index contributed by atoms with van der Waals surface area (Å²) in [5, 5.41) is 0. The number of alkyl halides is 2. The summed E-state index contributed by atoms with van der Waals surface area (Å²) in [6.45, 7) is 10.5. The van der Waals surface area contributed by atoms with Crippen LogP contribution in [0, 0.1) is 0 Å². The van der Waals surface area contributed by atoms with E-state index in [9.17, 15) is 8.78 Å². The van der Waals surface area contributed by atoms with Gasteiger partial charge in [-0.15, -0.1) is 8.78 Å². The molecule has 1 heterocycles. The van der Waals surface area contributed by atoms with Crippen LogP contribution in [-0.2, 0) is 9.47 Å². The number of halogens is 2. The van der Waals surface area contributed by atoms with E-state index < -0.39 is 6.29 Å². The second-order valence-corrected chi connectivity index (χ2v) is 1.80. The molecule has 0 atom stereocenters. The highest BCUT2D eigenvalue weighted by atomic mass is 19.3. The van der Waals surface area contributed by atoms with E-state index in [2.05, 4.69) is 22.6 Å². The first-order valence-corrected chi connectivity index (χ1v) is 3.84. The Kier molecular flexibility index (Phi) is 4.17. The third kappa shape index (κ3) is 2.89. The highest BCUT2D eigenvalue weighted by Gasteiger charge is 2.43. The normalized spacial score (nSPS) is 17.8. The molecule has 4 heteroatoms. The molecule has 0 bridgehead atoms. The molecule has 1 aliphatic heterocycles. The van der Waals surface area contributed by atoms with Gasteiger partial charge in [-0.05, 0) is 12.2 Å². The van der Waals surface area contributed by atoms with Crippen molar-refractivity contribution in [1.82, 2.24) is 0 Å². The molecule has 0 saturated carbocycles. The van der Waals surface area contributed by atoms with Crippen LogP contribution in [0.25, 0.3) is 0 Å². The summed E-state index contributed by atoms with van der Waals surface area (Å²) in [5.74, 6) is -0.185. The van der Waals surface area contributed by atoms with Gasteiger partial charge >= 0.3 is 6.29 Å². The molecule has 0 amide bonds. The van der Waals surface area contributed by atoms with Crippen LogP contribution in [-0.4, -0.2) is 6.29 Å². The van der Waals surface area contributed by atoms with Crippen LogP contribution < -0.4 is 0 Å². The number of ether oxygens (including phenoxy) is 2. The molecule has 0 N–H and O–H groups in total. The van der Waals surface area contributed by atoms with Crippen LogP contribution in [0.15, 0.2) is 36.8 Å². The fourth-order valence-corrected chi connectivity index (χ4v) is 0.662. The van der Waals surface area contributed by atoms with Gasteiger partial charge in [0.2, 0.25) is 0 Å². The Balaban J connectivity index is 0.000000671. The van der Waals surface area contributed by atoms with Crippen molar-refractivity contribution in [2.24, 2.45) is 0 Å². The molecule has 0 spiro atoms. The first-order chi connectivity index (χ1) is 6.09. The lowest BCUT2D eigenvalue weighted by atomic mass is 10.4. The molecule has 0 fully saturated rings. The van der Waals surface area contributed by atoms with E-state index in [-0.39, 0.29) is 11.5 Å². The minimum atomic E-state index is -3.58. The molecule has 0 unspecified atom stereocenters. The van der Waals surface area contributed by atoms with Crippen LogP contribution in [0.4, 0.5) is 8.78 Å². The van der Waals surface area contributed by atoms with Crippen molar-refractivity contribution in [3.63, 3.8) is 0 Å². The quantitative estimate of drug-likeness (QED) is 0.665. The molecule has 0 aliphatic carbocycles. The topological polar surface area (TPSA) is 18.5 Å². The van der Waals surface area contributed by atoms with Gasteiger partial charge in [-0.1, -0.05) is 27.0 Å². The third-order valence-electron chi connectivity index (χ3n) is 1.07. The average molecular weight is 190 g/mol. The highest BCUT2D eigenvalue weighted by molar-refractivity contribution is 5.24. The molecular weight excluding hydrogens is 178 g/mol. The SMILES string of the molecule is C=CC1=C(C=C)OC(F)(F)O1.CC. The molecule has 0 saturated heterocycles. The lowest BCUT2D eigenvalue weighted by Gasteiger charge is -2.06. The Morgan fingerprint density at radius 3 is 1.62 bits per heavy atom. The van der Waals surface area contributed by atoms with Crippen LogP contribution in [0.3, 0.4) is 0 Å². The Morgan fingerprint density at radius 1 is 1.08 bits per heavy atom. The average Bonchev–Trinajstić information content (AvgIpc) is 2.44. The molecule has 0 radical (unpaired) electrons. The van der Waals surface area contributed by atoms with Gasteiger partial charge in [0.1, 0.15) is 0 Å². The fourth-order valence-electron chi connectivity index (χ4n) is 0.662. The predicted octanol–water partition coefficient (Wildman–Crippen LogP) is 3.19. The van der Waals surface area contributed by atoms with Gasteiger partial charge in [0.15, 0.2) is 11.5 Å². The Hall–Kier alpha value is -1.32. The van der Waals surface area contributed by atoms with E-state index in [1.165, 1.54) is 0 Å². The van der Waals surface area contributed by atoms with E-state index >= 15 is 0 Å². The van der Waals surface area contributed by atoms with E-state index in [1.54, 1.807) is 0 Å². The molecule has 0 aromatic heterocycles. The van der Waals surface area contributed by atoms with Gasteiger partial charge in [0.05, 0.1) is 0 Å². The number of hydrogen-bond donors (Lipinski definition) is 0. The highest BCUT2D eigenvalue weighted by Crippen LogP contribution is 2.33. The summed E-state index contributed by atoms with van der Waals surface area (Å²) in [6, 6.07) is 0. The van der Waals surface area contributed by atoms with E-state index in [1.807, 2.05) is 13.8 Å². The maximum absolute atomic E-state index is 12.2. The van der Waals surface area contributed by atoms with Gasteiger partial charge in [-0.3, -0.25) is 0 Å². The molecule has 13 heavy (non-hydrogen) atoms. The van der Waals surface area contributed by atoms with Crippen LogP contribution in [0.1, 0.15) is 13.8 Å². The van der Waals surface area contributed by atoms with E-state index in [4.69, 9.17) is 0 Å². The lowest BCUT2D eigenvalue weighted by Crippen LogP contribution is -2.16. The van der Waals surface area contributed by atoms with Crippen LogP contribution in [0.5, 0.6) is 0 Å². The van der Waals surface area contributed by atoms with Crippen molar-refractivity contribution in [2.75, 3.05) is 0 Å². The van der Waals surface area contributed by atoms with Gasteiger partial charge in [-0.25, -0.2) is 0 Å². The molecule has 1 rings (SSSR count). The number of allylic oxidation sites excluding steroid dienone is 2. The molecule has 74 valence electrons. The van der Waals surface area contributed by atoms with Crippen LogP contribution >= 0.6 is 0 Å². The summed E-state index contributed by atoms with van der Waals surface area (Å²) < 4.78 is 32.5. The van der Waals surface area contributed by atoms with Crippen molar-refractivity contribution in [3.8, 4) is 0 Å². The molecule has 1 aliphatic rings.